The molecule has 1 fully saturated rings. The zero-order valence-electron chi connectivity index (χ0n) is 9.65. The number of hydrogen-bond donors (Lipinski definition) is 1. The van der Waals surface area contributed by atoms with Crippen LogP contribution < -0.4 is 0 Å². The average Bonchev–Trinajstić information content (AvgIpc) is 2.29. The number of nitrogens with zero attached hydrogens (tertiary/aromatic N) is 2. The minimum absolute atomic E-state index is 0.0680. The number of aliphatic hydroxyl groups is 1. The van der Waals surface area contributed by atoms with Crippen LogP contribution in [0.15, 0.2) is 0 Å². The monoisotopic (exact) mass is 210 g/mol. The van der Waals surface area contributed by atoms with E-state index in [0.717, 1.165) is 13.1 Å². The normalized spacial score (nSPS) is 20.1. The standard InChI is InChI=1S/C12H22N2O/c1-11(9-13)10-14(7-8-15)12-5-3-2-4-6-12/h11-12,15H,2-8,10H2,1H3. The van der Waals surface area contributed by atoms with Gasteiger partial charge in [0.25, 0.3) is 0 Å². The Hall–Kier alpha value is -0.590. The maximum Gasteiger partial charge on any atom is 0.0666 e. The van der Waals surface area contributed by atoms with Crippen LogP contribution in [-0.2, 0) is 0 Å². The molecule has 1 aliphatic rings. The van der Waals surface area contributed by atoms with Crippen molar-refractivity contribution in [2.45, 2.75) is 45.1 Å². The van der Waals surface area contributed by atoms with Crippen LogP contribution in [-0.4, -0.2) is 35.7 Å². The fourth-order valence-electron chi connectivity index (χ4n) is 2.39. The van der Waals surface area contributed by atoms with Crippen molar-refractivity contribution in [1.29, 1.82) is 5.26 Å². The summed E-state index contributed by atoms with van der Waals surface area (Å²) in [6.07, 6.45) is 6.41. The highest BCUT2D eigenvalue weighted by atomic mass is 16.3. The molecule has 0 aromatic heterocycles. The molecule has 0 spiro atoms. The number of aliphatic hydroxyl groups excluding tert-OH is 1. The van der Waals surface area contributed by atoms with E-state index in [9.17, 15) is 0 Å². The molecule has 3 nitrogen and oxygen atoms in total. The highest BCUT2D eigenvalue weighted by molar-refractivity contribution is 4.84. The van der Waals surface area contributed by atoms with E-state index in [2.05, 4.69) is 11.0 Å². The Balaban J connectivity index is 2.44. The number of nitriles is 1. The molecule has 0 bridgehead atoms. The van der Waals surface area contributed by atoms with Crippen LogP contribution in [0.3, 0.4) is 0 Å². The van der Waals surface area contributed by atoms with Crippen LogP contribution in [0.2, 0.25) is 0 Å². The molecule has 15 heavy (non-hydrogen) atoms. The van der Waals surface area contributed by atoms with Gasteiger partial charge in [0.05, 0.1) is 18.6 Å². The molecule has 0 amide bonds. The first-order valence-electron chi connectivity index (χ1n) is 6.02. The summed E-state index contributed by atoms with van der Waals surface area (Å²) in [5, 5.41) is 17.8. The summed E-state index contributed by atoms with van der Waals surface area (Å²) in [7, 11) is 0. The van der Waals surface area contributed by atoms with Crippen molar-refractivity contribution in [2.24, 2.45) is 5.92 Å². The molecule has 1 atom stereocenters. The number of rotatable bonds is 5. The minimum Gasteiger partial charge on any atom is -0.395 e. The molecule has 1 unspecified atom stereocenters. The topological polar surface area (TPSA) is 47.3 Å². The van der Waals surface area contributed by atoms with E-state index in [1.54, 1.807) is 0 Å². The summed E-state index contributed by atoms with van der Waals surface area (Å²) < 4.78 is 0. The largest absolute Gasteiger partial charge is 0.395 e. The third-order valence-corrected chi connectivity index (χ3v) is 3.21. The smallest absolute Gasteiger partial charge is 0.0666 e. The van der Waals surface area contributed by atoms with Crippen molar-refractivity contribution >= 4 is 0 Å². The Morgan fingerprint density at radius 2 is 2.07 bits per heavy atom. The van der Waals surface area contributed by atoms with E-state index in [0.29, 0.717) is 6.04 Å². The summed E-state index contributed by atoms with van der Waals surface area (Å²) in [6, 6.07) is 2.87. The molecule has 0 saturated heterocycles. The second-order valence-corrected chi connectivity index (χ2v) is 4.54. The van der Waals surface area contributed by atoms with Crippen LogP contribution >= 0.6 is 0 Å². The molecule has 0 aromatic carbocycles. The van der Waals surface area contributed by atoms with E-state index in [1.165, 1.54) is 32.1 Å². The van der Waals surface area contributed by atoms with Gasteiger partial charge in [-0.3, -0.25) is 4.90 Å². The SMILES string of the molecule is CC(C#N)CN(CCO)C1CCCCC1. The second-order valence-electron chi connectivity index (χ2n) is 4.54. The van der Waals surface area contributed by atoms with E-state index >= 15 is 0 Å². The van der Waals surface area contributed by atoms with Crippen molar-refractivity contribution in [3.05, 3.63) is 0 Å². The summed E-state index contributed by atoms with van der Waals surface area (Å²) in [5.74, 6) is 0.0680. The Labute approximate surface area is 92.7 Å². The van der Waals surface area contributed by atoms with Gasteiger partial charge < -0.3 is 5.11 Å². The van der Waals surface area contributed by atoms with E-state index in [-0.39, 0.29) is 12.5 Å². The Morgan fingerprint density at radius 3 is 2.60 bits per heavy atom. The maximum absolute atomic E-state index is 9.03. The van der Waals surface area contributed by atoms with E-state index < -0.39 is 0 Å². The van der Waals surface area contributed by atoms with Crippen molar-refractivity contribution in [3.63, 3.8) is 0 Å². The van der Waals surface area contributed by atoms with E-state index in [1.807, 2.05) is 6.92 Å². The van der Waals surface area contributed by atoms with Gasteiger partial charge in [-0.05, 0) is 19.8 Å². The first-order chi connectivity index (χ1) is 7.27. The molecule has 0 heterocycles. The van der Waals surface area contributed by atoms with Gasteiger partial charge in [-0.1, -0.05) is 19.3 Å². The summed E-state index contributed by atoms with van der Waals surface area (Å²) in [6.45, 7) is 3.68. The molecule has 0 radical (unpaired) electrons. The van der Waals surface area contributed by atoms with Crippen LogP contribution in [0.1, 0.15) is 39.0 Å². The van der Waals surface area contributed by atoms with Gasteiger partial charge in [0.2, 0.25) is 0 Å². The predicted molar refractivity (Wildman–Crippen MR) is 60.3 cm³/mol. The molecule has 1 N–H and O–H groups in total. The second kappa shape index (κ2) is 6.81. The molecule has 1 aliphatic carbocycles. The molecule has 3 heteroatoms. The molecule has 0 aromatic rings. The van der Waals surface area contributed by atoms with Gasteiger partial charge >= 0.3 is 0 Å². The Bertz CT molecular complexity index is 206. The van der Waals surface area contributed by atoms with Gasteiger partial charge in [-0.15, -0.1) is 0 Å². The quantitative estimate of drug-likeness (QED) is 0.752. The third kappa shape index (κ3) is 4.19. The van der Waals surface area contributed by atoms with Crippen LogP contribution in [0.5, 0.6) is 0 Å². The molecule has 1 saturated carbocycles. The fourth-order valence-corrected chi connectivity index (χ4v) is 2.39. The van der Waals surface area contributed by atoms with Crippen molar-refractivity contribution in [1.82, 2.24) is 4.90 Å². The highest BCUT2D eigenvalue weighted by Gasteiger charge is 2.21. The van der Waals surface area contributed by atoms with Crippen LogP contribution in [0, 0.1) is 17.2 Å². The molecule has 1 rings (SSSR count). The first kappa shape index (κ1) is 12.5. The lowest BCUT2D eigenvalue weighted by molar-refractivity contribution is 0.116. The van der Waals surface area contributed by atoms with Gasteiger partial charge in [-0.25, -0.2) is 0 Å². The predicted octanol–water partition coefficient (Wildman–Crippen LogP) is 1.77. The van der Waals surface area contributed by atoms with Crippen LogP contribution in [0.4, 0.5) is 0 Å². The van der Waals surface area contributed by atoms with Crippen molar-refractivity contribution < 1.29 is 5.11 Å². The average molecular weight is 210 g/mol. The Kier molecular flexibility index (Phi) is 5.67. The summed E-state index contributed by atoms with van der Waals surface area (Å²) in [5.41, 5.74) is 0. The van der Waals surface area contributed by atoms with Gasteiger partial charge in [0, 0.05) is 19.1 Å². The van der Waals surface area contributed by atoms with Crippen molar-refractivity contribution in [3.8, 4) is 6.07 Å². The first-order valence-corrected chi connectivity index (χ1v) is 6.02. The fraction of sp³-hybridized carbons (Fsp3) is 0.917. The third-order valence-electron chi connectivity index (χ3n) is 3.21. The van der Waals surface area contributed by atoms with E-state index in [4.69, 9.17) is 10.4 Å². The zero-order valence-corrected chi connectivity index (χ0v) is 9.65. The lowest BCUT2D eigenvalue weighted by atomic mass is 9.93. The van der Waals surface area contributed by atoms with Crippen molar-refractivity contribution in [2.75, 3.05) is 19.7 Å². The van der Waals surface area contributed by atoms with Gasteiger partial charge in [0.1, 0.15) is 0 Å². The highest BCUT2D eigenvalue weighted by Crippen LogP contribution is 2.22. The number of hydrogen-bond acceptors (Lipinski definition) is 3. The summed E-state index contributed by atoms with van der Waals surface area (Å²) >= 11 is 0. The van der Waals surface area contributed by atoms with Gasteiger partial charge in [-0.2, -0.15) is 5.26 Å². The van der Waals surface area contributed by atoms with Crippen LogP contribution in [0.25, 0.3) is 0 Å². The molecule has 86 valence electrons. The zero-order chi connectivity index (χ0) is 11.1. The lowest BCUT2D eigenvalue weighted by Gasteiger charge is -2.34. The van der Waals surface area contributed by atoms with Gasteiger partial charge in [0.15, 0.2) is 0 Å². The molecular formula is C12H22N2O. The lowest BCUT2D eigenvalue weighted by Crippen LogP contribution is -2.41. The Morgan fingerprint density at radius 1 is 1.40 bits per heavy atom. The molecular weight excluding hydrogens is 188 g/mol. The summed E-state index contributed by atoms with van der Waals surface area (Å²) in [4.78, 5) is 2.30. The molecule has 0 aliphatic heterocycles. The maximum atomic E-state index is 9.03. The minimum atomic E-state index is 0.0680.